The molecule has 0 atom stereocenters. The van der Waals surface area contributed by atoms with Crippen molar-refractivity contribution in [1.82, 2.24) is 20.2 Å². The van der Waals surface area contributed by atoms with Crippen LogP contribution < -0.4 is 5.43 Å². The van der Waals surface area contributed by atoms with Gasteiger partial charge >= 0.3 is 0 Å². The Morgan fingerprint density at radius 1 is 1.19 bits per heavy atom. The van der Waals surface area contributed by atoms with Crippen LogP contribution in [0.1, 0.15) is 16.2 Å². The lowest BCUT2D eigenvalue weighted by atomic mass is 10.0. The first-order chi connectivity index (χ1) is 13.1. The zero-order valence-electron chi connectivity index (χ0n) is 14.5. The van der Waals surface area contributed by atoms with Crippen LogP contribution in [0.3, 0.4) is 0 Å². The van der Waals surface area contributed by atoms with Crippen molar-refractivity contribution in [3.63, 3.8) is 0 Å². The largest absolute Gasteiger partial charge is 0.350 e. The molecule has 2 heterocycles. The van der Waals surface area contributed by atoms with E-state index in [4.69, 9.17) is 11.6 Å². The summed E-state index contributed by atoms with van der Waals surface area (Å²) in [7, 11) is 1.76. The SMILES string of the molecule is Cn1cc(Cl)c(C=NNC(=O)c2[nH]c3ccccc3c2-c2ccccc2)n1. The van der Waals surface area contributed by atoms with Crippen LogP contribution >= 0.6 is 11.6 Å². The molecule has 0 fully saturated rings. The maximum atomic E-state index is 12.8. The van der Waals surface area contributed by atoms with E-state index in [0.717, 1.165) is 22.0 Å². The number of aromatic nitrogens is 3. The fourth-order valence-corrected chi connectivity index (χ4v) is 3.22. The Balaban J connectivity index is 1.68. The van der Waals surface area contributed by atoms with Crippen LogP contribution in [0, 0.1) is 0 Å². The number of hydrogen-bond acceptors (Lipinski definition) is 3. The number of halogens is 1. The molecule has 2 aromatic heterocycles. The number of nitrogens with one attached hydrogen (secondary N) is 2. The monoisotopic (exact) mass is 377 g/mol. The summed E-state index contributed by atoms with van der Waals surface area (Å²) in [5.74, 6) is -0.339. The van der Waals surface area contributed by atoms with Crippen LogP contribution in [0.2, 0.25) is 5.02 Å². The van der Waals surface area contributed by atoms with Gasteiger partial charge in [0.2, 0.25) is 0 Å². The Morgan fingerprint density at radius 2 is 1.93 bits per heavy atom. The summed E-state index contributed by atoms with van der Waals surface area (Å²) >= 11 is 6.04. The Bertz CT molecular complexity index is 1140. The summed E-state index contributed by atoms with van der Waals surface area (Å²) in [5.41, 5.74) is 6.17. The molecule has 0 radical (unpaired) electrons. The number of para-hydroxylation sites is 1. The fourth-order valence-electron chi connectivity index (χ4n) is 2.99. The number of aryl methyl sites for hydroxylation is 1. The number of carbonyl (C=O) groups is 1. The van der Waals surface area contributed by atoms with Crippen molar-refractivity contribution >= 4 is 34.6 Å². The number of aromatic amines is 1. The molecule has 0 bridgehead atoms. The molecule has 4 rings (SSSR count). The van der Waals surface area contributed by atoms with Gasteiger partial charge in [0, 0.05) is 29.7 Å². The van der Waals surface area contributed by atoms with Crippen LogP contribution in [-0.2, 0) is 7.05 Å². The highest BCUT2D eigenvalue weighted by Gasteiger charge is 2.18. The zero-order valence-corrected chi connectivity index (χ0v) is 15.2. The second-order valence-electron chi connectivity index (χ2n) is 6.02. The van der Waals surface area contributed by atoms with Crippen molar-refractivity contribution in [2.75, 3.05) is 0 Å². The first kappa shape index (κ1) is 17.1. The molecule has 2 N–H and O–H groups in total. The minimum atomic E-state index is -0.339. The van der Waals surface area contributed by atoms with Gasteiger partial charge in [-0.2, -0.15) is 10.2 Å². The third-order valence-electron chi connectivity index (χ3n) is 4.16. The Hall–Kier alpha value is -3.38. The Kier molecular flexibility index (Phi) is 4.48. The van der Waals surface area contributed by atoms with Gasteiger partial charge in [0.25, 0.3) is 5.91 Å². The van der Waals surface area contributed by atoms with Gasteiger partial charge in [-0.15, -0.1) is 0 Å². The molecule has 0 spiro atoms. The number of H-pyrrole nitrogens is 1. The first-order valence-corrected chi connectivity index (χ1v) is 8.70. The summed E-state index contributed by atoms with van der Waals surface area (Å²) in [6, 6.07) is 17.6. The first-order valence-electron chi connectivity index (χ1n) is 8.32. The molecule has 0 aliphatic carbocycles. The topological polar surface area (TPSA) is 75.1 Å². The van der Waals surface area contributed by atoms with Gasteiger partial charge in [-0.1, -0.05) is 60.1 Å². The maximum Gasteiger partial charge on any atom is 0.288 e. The van der Waals surface area contributed by atoms with Gasteiger partial charge in [0.1, 0.15) is 11.4 Å². The molecule has 0 saturated carbocycles. The van der Waals surface area contributed by atoms with E-state index in [1.807, 2.05) is 54.6 Å². The molecular weight excluding hydrogens is 362 g/mol. The minimum Gasteiger partial charge on any atom is -0.350 e. The summed E-state index contributed by atoms with van der Waals surface area (Å²) in [5, 5.41) is 9.59. The number of fused-ring (bicyclic) bond motifs is 1. The molecule has 27 heavy (non-hydrogen) atoms. The van der Waals surface area contributed by atoms with Gasteiger partial charge in [-0.25, -0.2) is 5.43 Å². The van der Waals surface area contributed by atoms with Crippen molar-refractivity contribution in [2.24, 2.45) is 12.1 Å². The predicted molar refractivity (Wildman–Crippen MR) is 107 cm³/mol. The second kappa shape index (κ2) is 7.09. The standard InChI is InChI=1S/C20H16ClN5O/c1-26-12-15(21)17(25-26)11-22-24-20(27)19-18(13-7-3-2-4-8-13)14-9-5-6-10-16(14)23-19/h2-12,23H,1H3,(H,24,27). The number of rotatable bonds is 4. The van der Waals surface area contributed by atoms with Crippen LogP contribution in [0.25, 0.3) is 22.0 Å². The van der Waals surface area contributed by atoms with Crippen molar-refractivity contribution in [3.8, 4) is 11.1 Å². The second-order valence-corrected chi connectivity index (χ2v) is 6.43. The summed E-state index contributed by atoms with van der Waals surface area (Å²) in [4.78, 5) is 16.0. The van der Waals surface area contributed by atoms with E-state index in [-0.39, 0.29) is 5.91 Å². The molecule has 0 aliphatic heterocycles. The van der Waals surface area contributed by atoms with E-state index in [1.165, 1.54) is 6.21 Å². The molecule has 0 aliphatic rings. The van der Waals surface area contributed by atoms with E-state index >= 15 is 0 Å². The van der Waals surface area contributed by atoms with E-state index in [1.54, 1.807) is 17.9 Å². The normalized spacial score (nSPS) is 11.3. The number of hydrogen-bond donors (Lipinski definition) is 2. The highest BCUT2D eigenvalue weighted by molar-refractivity contribution is 6.32. The third-order valence-corrected chi connectivity index (χ3v) is 4.45. The van der Waals surface area contributed by atoms with Crippen LogP contribution in [0.15, 0.2) is 65.9 Å². The van der Waals surface area contributed by atoms with E-state index in [2.05, 4.69) is 20.6 Å². The van der Waals surface area contributed by atoms with Crippen LogP contribution in [-0.4, -0.2) is 26.9 Å². The highest BCUT2D eigenvalue weighted by Crippen LogP contribution is 2.32. The van der Waals surface area contributed by atoms with Gasteiger partial charge in [-0.3, -0.25) is 9.48 Å². The molecule has 6 nitrogen and oxygen atoms in total. The van der Waals surface area contributed by atoms with Crippen molar-refractivity contribution < 1.29 is 4.79 Å². The molecule has 7 heteroatoms. The summed E-state index contributed by atoms with van der Waals surface area (Å²) < 4.78 is 1.58. The number of hydrazone groups is 1. The molecule has 1 amide bonds. The van der Waals surface area contributed by atoms with E-state index in [0.29, 0.717) is 16.4 Å². The number of nitrogens with zero attached hydrogens (tertiary/aromatic N) is 3. The van der Waals surface area contributed by atoms with Crippen LogP contribution in [0.4, 0.5) is 0 Å². The summed E-state index contributed by atoms with van der Waals surface area (Å²) in [6.07, 6.45) is 3.08. The summed E-state index contributed by atoms with van der Waals surface area (Å²) in [6.45, 7) is 0. The Labute approximate surface area is 160 Å². The molecular formula is C20H16ClN5O. The molecule has 0 unspecified atom stereocenters. The number of carbonyl (C=O) groups excluding carboxylic acids is 1. The molecule has 4 aromatic rings. The maximum absolute atomic E-state index is 12.8. The van der Waals surface area contributed by atoms with E-state index < -0.39 is 0 Å². The quantitative estimate of drug-likeness (QED) is 0.417. The lowest BCUT2D eigenvalue weighted by Gasteiger charge is -2.04. The lowest BCUT2D eigenvalue weighted by Crippen LogP contribution is -2.19. The number of benzene rings is 2. The van der Waals surface area contributed by atoms with Crippen molar-refractivity contribution in [2.45, 2.75) is 0 Å². The van der Waals surface area contributed by atoms with E-state index in [9.17, 15) is 4.79 Å². The fraction of sp³-hybridized carbons (Fsp3) is 0.0500. The average Bonchev–Trinajstić information content (AvgIpc) is 3.22. The van der Waals surface area contributed by atoms with Gasteiger partial charge < -0.3 is 4.98 Å². The molecule has 0 saturated heterocycles. The van der Waals surface area contributed by atoms with Crippen molar-refractivity contribution in [3.05, 3.63) is 77.2 Å². The van der Waals surface area contributed by atoms with Crippen molar-refractivity contribution in [1.29, 1.82) is 0 Å². The molecule has 134 valence electrons. The Morgan fingerprint density at radius 3 is 2.67 bits per heavy atom. The third kappa shape index (κ3) is 3.35. The minimum absolute atomic E-state index is 0.339. The average molecular weight is 378 g/mol. The van der Waals surface area contributed by atoms with Crippen LogP contribution in [0.5, 0.6) is 0 Å². The lowest BCUT2D eigenvalue weighted by molar-refractivity contribution is 0.0951. The smallest absolute Gasteiger partial charge is 0.288 e. The number of amides is 1. The van der Waals surface area contributed by atoms with Gasteiger partial charge in [0.15, 0.2) is 0 Å². The zero-order chi connectivity index (χ0) is 18.8. The highest BCUT2D eigenvalue weighted by atomic mass is 35.5. The molecule has 2 aromatic carbocycles. The van der Waals surface area contributed by atoms with Gasteiger partial charge in [-0.05, 0) is 11.6 Å². The van der Waals surface area contributed by atoms with Gasteiger partial charge in [0.05, 0.1) is 11.2 Å². The predicted octanol–water partition coefficient (Wildman–Crippen LogP) is 3.99.